The summed E-state index contributed by atoms with van der Waals surface area (Å²) in [6.45, 7) is 1.04. The molecule has 0 amide bonds. The Kier molecular flexibility index (Phi) is 4.70. The van der Waals surface area contributed by atoms with Crippen molar-refractivity contribution in [3.63, 3.8) is 0 Å². The molecule has 0 radical (unpaired) electrons. The molecule has 2 rings (SSSR count). The van der Waals surface area contributed by atoms with Crippen molar-refractivity contribution in [1.29, 1.82) is 5.26 Å². The molecule has 6 heteroatoms. The van der Waals surface area contributed by atoms with Crippen LogP contribution in [0.2, 0.25) is 0 Å². The van der Waals surface area contributed by atoms with Gasteiger partial charge in [-0.25, -0.2) is 0 Å². The molecule has 0 aliphatic carbocycles. The van der Waals surface area contributed by atoms with Crippen molar-refractivity contribution < 1.29 is 22.7 Å². The molecule has 118 valence electrons. The van der Waals surface area contributed by atoms with Gasteiger partial charge in [-0.2, -0.15) is 18.4 Å². The van der Waals surface area contributed by atoms with Gasteiger partial charge in [0.1, 0.15) is 18.4 Å². The number of hydrogen-bond acceptors (Lipinski definition) is 3. The molecule has 0 saturated heterocycles. The molecule has 0 N–H and O–H groups in total. The quantitative estimate of drug-likeness (QED) is 0.787. The fourth-order valence-corrected chi connectivity index (χ4v) is 2.10. The number of nitrogens with zero attached hydrogens (tertiary/aromatic N) is 1. The van der Waals surface area contributed by atoms with E-state index in [1.54, 1.807) is 0 Å². The van der Waals surface area contributed by atoms with Crippen molar-refractivity contribution in [2.75, 3.05) is 0 Å². The molecule has 0 saturated carbocycles. The molecule has 0 aromatic heterocycles. The van der Waals surface area contributed by atoms with E-state index in [2.05, 4.69) is 0 Å². The lowest BCUT2D eigenvalue weighted by Crippen LogP contribution is -2.10. The average Bonchev–Trinajstić information content (AvgIpc) is 2.51. The Morgan fingerprint density at radius 1 is 1.22 bits per heavy atom. The SMILES string of the molecule is CC(=O)c1ccc(OCc2ccccc2C(F)(F)F)cc1C#N. The summed E-state index contributed by atoms with van der Waals surface area (Å²) in [5, 5.41) is 9.02. The van der Waals surface area contributed by atoms with Crippen LogP contribution in [0.3, 0.4) is 0 Å². The van der Waals surface area contributed by atoms with Gasteiger partial charge in [0.15, 0.2) is 5.78 Å². The molecule has 3 nitrogen and oxygen atoms in total. The fraction of sp³-hybridized carbons (Fsp3) is 0.176. The van der Waals surface area contributed by atoms with E-state index in [1.165, 1.54) is 43.3 Å². The van der Waals surface area contributed by atoms with Crippen LogP contribution in [0.25, 0.3) is 0 Å². The molecule has 0 atom stereocenters. The molecule has 0 heterocycles. The normalized spacial score (nSPS) is 10.9. The molecule has 0 aliphatic rings. The predicted molar refractivity (Wildman–Crippen MR) is 76.9 cm³/mol. The molecule has 0 bridgehead atoms. The summed E-state index contributed by atoms with van der Waals surface area (Å²) < 4.78 is 44.0. The second-order valence-electron chi connectivity index (χ2n) is 4.82. The van der Waals surface area contributed by atoms with Gasteiger partial charge in [-0.1, -0.05) is 18.2 Å². The number of benzene rings is 2. The second-order valence-corrected chi connectivity index (χ2v) is 4.82. The van der Waals surface area contributed by atoms with Gasteiger partial charge in [-0.3, -0.25) is 4.79 Å². The number of nitriles is 1. The lowest BCUT2D eigenvalue weighted by Gasteiger charge is -2.13. The van der Waals surface area contributed by atoms with Crippen LogP contribution in [0.1, 0.15) is 34.0 Å². The number of Topliss-reactive ketones (excluding diaryl/α,β-unsaturated/α-hetero) is 1. The Labute approximate surface area is 130 Å². The number of rotatable bonds is 4. The Balaban J connectivity index is 2.23. The zero-order valence-electron chi connectivity index (χ0n) is 12.1. The van der Waals surface area contributed by atoms with Gasteiger partial charge in [0.05, 0.1) is 11.1 Å². The van der Waals surface area contributed by atoms with Crippen molar-refractivity contribution in [2.24, 2.45) is 0 Å². The zero-order chi connectivity index (χ0) is 17.0. The second kappa shape index (κ2) is 6.53. The maximum Gasteiger partial charge on any atom is 0.416 e. The van der Waals surface area contributed by atoms with E-state index in [4.69, 9.17) is 10.00 Å². The largest absolute Gasteiger partial charge is 0.489 e. The van der Waals surface area contributed by atoms with E-state index in [-0.39, 0.29) is 34.8 Å². The van der Waals surface area contributed by atoms with Gasteiger partial charge in [-0.15, -0.1) is 0 Å². The van der Waals surface area contributed by atoms with Gasteiger partial charge in [0.2, 0.25) is 0 Å². The molecule has 23 heavy (non-hydrogen) atoms. The Bertz CT molecular complexity index is 776. The number of halogens is 3. The van der Waals surface area contributed by atoms with E-state index >= 15 is 0 Å². The van der Waals surface area contributed by atoms with Gasteiger partial charge < -0.3 is 4.74 Å². The van der Waals surface area contributed by atoms with Crippen molar-refractivity contribution in [3.8, 4) is 11.8 Å². The summed E-state index contributed by atoms with van der Waals surface area (Å²) in [5.74, 6) is -0.0426. The van der Waals surface area contributed by atoms with Crippen molar-refractivity contribution in [3.05, 3.63) is 64.7 Å². The van der Waals surface area contributed by atoms with Crippen LogP contribution in [0.4, 0.5) is 13.2 Å². The average molecular weight is 319 g/mol. The highest BCUT2D eigenvalue weighted by Gasteiger charge is 2.32. The van der Waals surface area contributed by atoms with Crippen LogP contribution in [0.5, 0.6) is 5.75 Å². The van der Waals surface area contributed by atoms with Crippen LogP contribution in [0.15, 0.2) is 42.5 Å². The lowest BCUT2D eigenvalue weighted by molar-refractivity contribution is -0.138. The molecule has 2 aromatic carbocycles. The first kappa shape index (κ1) is 16.6. The van der Waals surface area contributed by atoms with Gasteiger partial charge in [-0.05, 0) is 31.2 Å². The van der Waals surface area contributed by atoms with Gasteiger partial charge in [0, 0.05) is 11.1 Å². The number of hydrogen-bond donors (Lipinski definition) is 0. The number of carbonyl (C=O) groups is 1. The third-order valence-electron chi connectivity index (χ3n) is 3.21. The smallest absolute Gasteiger partial charge is 0.416 e. The van der Waals surface area contributed by atoms with Crippen molar-refractivity contribution in [2.45, 2.75) is 19.7 Å². The van der Waals surface area contributed by atoms with Gasteiger partial charge >= 0.3 is 6.18 Å². The first-order chi connectivity index (χ1) is 10.8. The predicted octanol–water partition coefficient (Wildman–Crippen LogP) is 4.36. The minimum absolute atomic E-state index is 0.00541. The maximum atomic E-state index is 12.9. The highest BCUT2D eigenvalue weighted by molar-refractivity contribution is 5.96. The molecule has 0 spiro atoms. The summed E-state index contributed by atoms with van der Waals surface area (Å²) in [6, 6.07) is 11.2. The number of ketones is 1. The standard InChI is InChI=1S/C17H12F3NO2/c1-11(22)15-7-6-14(8-13(15)9-21)23-10-12-4-2-3-5-16(12)17(18,19)20/h2-8H,10H2,1H3. The Morgan fingerprint density at radius 2 is 1.91 bits per heavy atom. The third-order valence-corrected chi connectivity index (χ3v) is 3.21. The number of ether oxygens (including phenoxy) is 1. The monoisotopic (exact) mass is 319 g/mol. The summed E-state index contributed by atoms with van der Waals surface area (Å²) >= 11 is 0. The minimum Gasteiger partial charge on any atom is -0.489 e. The van der Waals surface area contributed by atoms with E-state index in [9.17, 15) is 18.0 Å². The van der Waals surface area contributed by atoms with Crippen molar-refractivity contribution >= 4 is 5.78 Å². The molecule has 0 fully saturated rings. The van der Waals surface area contributed by atoms with Crippen LogP contribution >= 0.6 is 0 Å². The van der Waals surface area contributed by atoms with Crippen LogP contribution in [-0.2, 0) is 12.8 Å². The molecule has 0 unspecified atom stereocenters. The Hall–Kier alpha value is -2.81. The highest BCUT2D eigenvalue weighted by atomic mass is 19.4. The summed E-state index contributed by atoms with van der Waals surface area (Å²) in [6.07, 6.45) is -4.46. The zero-order valence-corrected chi connectivity index (χ0v) is 12.1. The summed E-state index contributed by atoms with van der Waals surface area (Å²) in [7, 11) is 0. The molecular formula is C17H12F3NO2. The van der Waals surface area contributed by atoms with Crippen LogP contribution in [0, 0.1) is 11.3 Å². The maximum absolute atomic E-state index is 12.9. The number of carbonyl (C=O) groups excluding carboxylic acids is 1. The van der Waals surface area contributed by atoms with Crippen molar-refractivity contribution in [1.82, 2.24) is 0 Å². The lowest BCUT2D eigenvalue weighted by atomic mass is 10.0. The number of alkyl halides is 3. The molecular weight excluding hydrogens is 307 g/mol. The summed E-state index contributed by atoms with van der Waals surface area (Å²) in [4.78, 5) is 11.4. The first-order valence-electron chi connectivity index (χ1n) is 6.66. The molecule has 2 aromatic rings. The van der Waals surface area contributed by atoms with E-state index in [0.717, 1.165) is 6.07 Å². The van der Waals surface area contributed by atoms with E-state index in [0.29, 0.717) is 0 Å². The first-order valence-corrected chi connectivity index (χ1v) is 6.66. The van der Waals surface area contributed by atoms with E-state index in [1.807, 2.05) is 6.07 Å². The van der Waals surface area contributed by atoms with Crippen LogP contribution < -0.4 is 4.74 Å². The van der Waals surface area contributed by atoms with Crippen LogP contribution in [-0.4, -0.2) is 5.78 Å². The van der Waals surface area contributed by atoms with Gasteiger partial charge in [0.25, 0.3) is 0 Å². The van der Waals surface area contributed by atoms with E-state index < -0.39 is 11.7 Å². The highest BCUT2D eigenvalue weighted by Crippen LogP contribution is 2.32. The summed E-state index contributed by atoms with van der Waals surface area (Å²) in [5.41, 5.74) is -0.398. The molecule has 0 aliphatic heterocycles. The Morgan fingerprint density at radius 3 is 2.52 bits per heavy atom. The topological polar surface area (TPSA) is 50.1 Å². The fourth-order valence-electron chi connectivity index (χ4n) is 2.10. The minimum atomic E-state index is -4.46. The third kappa shape index (κ3) is 3.89.